The molecule has 2 aromatic carbocycles. The van der Waals surface area contributed by atoms with Gasteiger partial charge in [-0.2, -0.15) is 17.5 Å². The van der Waals surface area contributed by atoms with Gasteiger partial charge in [0.15, 0.2) is 6.61 Å². The molecule has 0 fully saturated rings. The third-order valence-corrected chi connectivity index (χ3v) is 5.66. The number of primary amides is 1. The summed E-state index contributed by atoms with van der Waals surface area (Å²) in [7, 11) is 0.948. The van der Waals surface area contributed by atoms with E-state index in [0.29, 0.717) is 42.3 Å². The van der Waals surface area contributed by atoms with Gasteiger partial charge >= 0.3 is 11.9 Å². The number of para-hydroxylation sites is 1. The highest BCUT2D eigenvalue weighted by Crippen LogP contribution is 2.37. The summed E-state index contributed by atoms with van der Waals surface area (Å²) in [5.41, 5.74) is 2.64. The molecule has 33 heavy (non-hydrogen) atoms. The molecule has 2 heterocycles. The topological polar surface area (TPSA) is 109 Å². The van der Waals surface area contributed by atoms with Crippen LogP contribution in [0, 0.1) is 0 Å². The van der Waals surface area contributed by atoms with Crippen LogP contribution in [0.25, 0.3) is 27.0 Å². The molecule has 1 amide bonds. The van der Waals surface area contributed by atoms with Crippen molar-refractivity contribution in [3.05, 3.63) is 75.1 Å². The van der Waals surface area contributed by atoms with Crippen molar-refractivity contribution in [3.8, 4) is 22.7 Å². The van der Waals surface area contributed by atoms with E-state index < -0.39 is 29.0 Å². The highest BCUT2D eigenvalue weighted by molar-refractivity contribution is 7.13. The third-order valence-electron chi connectivity index (χ3n) is 4.83. The number of amides is 1. The monoisotopic (exact) mass is 476 g/mol. The Labute approximate surface area is 187 Å². The van der Waals surface area contributed by atoms with Crippen LogP contribution in [0.1, 0.15) is 5.69 Å². The molecule has 0 saturated heterocycles. The van der Waals surface area contributed by atoms with Gasteiger partial charge in [-0.3, -0.25) is 14.2 Å². The molecule has 170 valence electrons. The van der Waals surface area contributed by atoms with Gasteiger partial charge in [-0.05, 0) is 41.9 Å². The summed E-state index contributed by atoms with van der Waals surface area (Å²) < 4.78 is 51.1. The zero-order valence-corrected chi connectivity index (χ0v) is 17.7. The van der Waals surface area contributed by atoms with Crippen molar-refractivity contribution in [2.45, 2.75) is 6.18 Å². The average molecular weight is 476 g/mol. The quantitative estimate of drug-likeness (QED) is 0.476. The van der Waals surface area contributed by atoms with Crippen LogP contribution < -0.4 is 21.7 Å². The Morgan fingerprint density at radius 2 is 1.88 bits per heavy atom. The first-order valence-corrected chi connectivity index (χ1v) is 10.2. The zero-order chi connectivity index (χ0) is 23.9. The highest BCUT2D eigenvalue weighted by atomic mass is 32.1. The second-order valence-electron chi connectivity index (χ2n) is 7.01. The lowest BCUT2D eigenvalue weighted by molar-refractivity contribution is -0.144. The third kappa shape index (κ3) is 4.12. The number of aromatic nitrogens is 3. The number of carbonyl (C=O) groups is 1. The van der Waals surface area contributed by atoms with E-state index in [-0.39, 0.29) is 12.3 Å². The molecule has 4 aromatic rings. The number of nitrogens with zero attached hydrogens (tertiary/aromatic N) is 3. The van der Waals surface area contributed by atoms with Crippen molar-refractivity contribution in [2.24, 2.45) is 12.8 Å². The van der Waals surface area contributed by atoms with Crippen molar-refractivity contribution >= 4 is 27.5 Å². The number of nitrogens with two attached hydrogens (primary N) is 1. The Balaban J connectivity index is 1.89. The fraction of sp³-hybridized carbons (Fsp3) is 0.143. The van der Waals surface area contributed by atoms with Crippen LogP contribution in [-0.4, -0.2) is 26.0 Å². The Kier molecular flexibility index (Phi) is 5.54. The standard InChI is InChI=1S/C21H15F3N4O4S/c1-27-16(21(22,23)24)9-18(30)28(20(27)31)11-6-7-15-13(8-11)19(26-33-15)12-4-2-3-5-14(12)32-10-17(25)29/h2-9H,10H2,1H3,(H2,25,29). The molecule has 2 aromatic heterocycles. The van der Waals surface area contributed by atoms with Gasteiger partial charge in [-0.25, -0.2) is 9.36 Å². The number of ether oxygens (including phenoxy) is 1. The Hall–Kier alpha value is -3.93. The maximum Gasteiger partial charge on any atom is 0.431 e. The fourth-order valence-corrected chi connectivity index (χ4v) is 4.10. The van der Waals surface area contributed by atoms with E-state index in [4.69, 9.17) is 10.5 Å². The second-order valence-corrected chi connectivity index (χ2v) is 7.81. The molecule has 2 N–H and O–H groups in total. The minimum Gasteiger partial charge on any atom is -0.483 e. The van der Waals surface area contributed by atoms with E-state index in [1.807, 2.05) is 0 Å². The highest BCUT2D eigenvalue weighted by Gasteiger charge is 2.35. The van der Waals surface area contributed by atoms with Gasteiger partial charge in [-0.1, -0.05) is 12.1 Å². The van der Waals surface area contributed by atoms with E-state index in [0.717, 1.165) is 18.6 Å². The lowest BCUT2D eigenvalue weighted by Crippen LogP contribution is -2.40. The molecule has 0 bridgehead atoms. The van der Waals surface area contributed by atoms with E-state index in [1.165, 1.54) is 12.1 Å². The van der Waals surface area contributed by atoms with Crippen molar-refractivity contribution in [3.63, 3.8) is 0 Å². The number of halogens is 3. The minimum absolute atomic E-state index is 0.0822. The van der Waals surface area contributed by atoms with E-state index >= 15 is 0 Å². The van der Waals surface area contributed by atoms with Crippen molar-refractivity contribution in [2.75, 3.05) is 6.61 Å². The molecule has 4 rings (SSSR count). The van der Waals surface area contributed by atoms with Crippen LogP contribution in [-0.2, 0) is 18.0 Å². The number of fused-ring (bicyclic) bond motifs is 1. The van der Waals surface area contributed by atoms with E-state index in [1.54, 1.807) is 30.3 Å². The smallest absolute Gasteiger partial charge is 0.431 e. The Bertz CT molecular complexity index is 1500. The van der Waals surface area contributed by atoms with Crippen molar-refractivity contribution < 1.29 is 22.7 Å². The molecule has 8 nitrogen and oxygen atoms in total. The minimum atomic E-state index is -4.85. The number of alkyl halides is 3. The summed E-state index contributed by atoms with van der Waals surface area (Å²) in [6, 6.07) is 11.7. The SMILES string of the molecule is Cn1c(C(F)(F)F)cc(=O)n(-c2ccc3snc(-c4ccccc4OCC(N)=O)c3c2)c1=O. The first-order valence-electron chi connectivity index (χ1n) is 9.38. The van der Waals surface area contributed by atoms with Gasteiger partial charge in [0.25, 0.3) is 11.5 Å². The maximum atomic E-state index is 13.1. The summed E-state index contributed by atoms with van der Waals surface area (Å²) in [6.07, 6.45) is -4.85. The summed E-state index contributed by atoms with van der Waals surface area (Å²) in [4.78, 5) is 36.2. The van der Waals surface area contributed by atoms with Crippen LogP contribution in [0.4, 0.5) is 13.2 Å². The molecular weight excluding hydrogens is 461 g/mol. The number of benzene rings is 2. The molecule has 0 spiro atoms. The molecule has 0 aliphatic rings. The fourth-order valence-electron chi connectivity index (χ4n) is 3.33. The predicted octanol–water partition coefficient (Wildman–Crippen LogP) is 2.70. The lowest BCUT2D eigenvalue weighted by Gasteiger charge is -2.14. The molecule has 0 aliphatic heterocycles. The molecule has 0 atom stereocenters. The van der Waals surface area contributed by atoms with Crippen LogP contribution in [0.15, 0.2) is 58.1 Å². The molecule has 0 aliphatic carbocycles. The Morgan fingerprint density at radius 3 is 2.58 bits per heavy atom. The van der Waals surface area contributed by atoms with Crippen LogP contribution in [0.3, 0.4) is 0 Å². The normalized spacial score (nSPS) is 11.6. The first-order chi connectivity index (χ1) is 15.6. The van der Waals surface area contributed by atoms with Crippen LogP contribution >= 0.6 is 11.5 Å². The van der Waals surface area contributed by atoms with Gasteiger partial charge in [0.2, 0.25) is 0 Å². The van der Waals surface area contributed by atoms with E-state index in [2.05, 4.69) is 4.37 Å². The van der Waals surface area contributed by atoms with Crippen LogP contribution in [0.5, 0.6) is 5.75 Å². The van der Waals surface area contributed by atoms with Gasteiger partial charge in [0, 0.05) is 24.1 Å². The molecule has 0 saturated carbocycles. The molecule has 12 heteroatoms. The molecule has 0 unspecified atom stereocenters. The largest absolute Gasteiger partial charge is 0.483 e. The lowest BCUT2D eigenvalue weighted by atomic mass is 10.1. The molecule has 0 radical (unpaired) electrons. The van der Waals surface area contributed by atoms with Gasteiger partial charge < -0.3 is 10.5 Å². The second kappa shape index (κ2) is 8.20. The summed E-state index contributed by atoms with van der Waals surface area (Å²) >= 11 is 1.15. The number of carbonyl (C=O) groups excluding carboxylic acids is 1. The number of hydrogen-bond acceptors (Lipinski definition) is 6. The van der Waals surface area contributed by atoms with Crippen LogP contribution in [0.2, 0.25) is 0 Å². The zero-order valence-electron chi connectivity index (χ0n) is 16.9. The van der Waals surface area contributed by atoms with Gasteiger partial charge in [0.05, 0.1) is 16.1 Å². The predicted molar refractivity (Wildman–Crippen MR) is 116 cm³/mol. The summed E-state index contributed by atoms with van der Waals surface area (Å²) in [5.74, 6) is -0.315. The Morgan fingerprint density at radius 1 is 1.15 bits per heavy atom. The van der Waals surface area contributed by atoms with E-state index in [9.17, 15) is 27.6 Å². The maximum absolute atomic E-state index is 13.1. The van der Waals surface area contributed by atoms with Gasteiger partial charge in [-0.15, -0.1) is 0 Å². The summed E-state index contributed by atoms with van der Waals surface area (Å²) in [5, 5.41) is 0.543. The van der Waals surface area contributed by atoms with Crippen molar-refractivity contribution in [1.82, 2.24) is 13.5 Å². The number of hydrogen-bond donors (Lipinski definition) is 1. The average Bonchev–Trinajstić information content (AvgIpc) is 3.17. The van der Waals surface area contributed by atoms with Crippen molar-refractivity contribution in [1.29, 1.82) is 0 Å². The number of rotatable bonds is 5. The summed E-state index contributed by atoms with van der Waals surface area (Å²) in [6.45, 7) is -0.346. The van der Waals surface area contributed by atoms with Gasteiger partial charge in [0.1, 0.15) is 11.4 Å². The molecular formula is C21H15F3N4O4S. The first kappa shape index (κ1) is 22.3.